The van der Waals surface area contributed by atoms with Crippen LogP contribution in [0.15, 0.2) is 56.4 Å². The van der Waals surface area contributed by atoms with Crippen molar-refractivity contribution in [3.63, 3.8) is 0 Å². The predicted octanol–water partition coefficient (Wildman–Crippen LogP) is 1.52. The number of aromatic nitrogens is 2. The van der Waals surface area contributed by atoms with Crippen LogP contribution in [0, 0.1) is 0 Å². The smallest absolute Gasteiger partial charge is 0.269 e. The molecule has 0 aliphatic carbocycles. The van der Waals surface area contributed by atoms with E-state index in [9.17, 15) is 23.7 Å². The van der Waals surface area contributed by atoms with Gasteiger partial charge in [-0.2, -0.15) is 0 Å². The monoisotopic (exact) mass is 421 g/mol. The van der Waals surface area contributed by atoms with Gasteiger partial charge in [0.1, 0.15) is 6.73 Å². The summed E-state index contributed by atoms with van der Waals surface area (Å²) in [4.78, 5) is 9.00. The molecule has 2 aromatic rings. The lowest BCUT2D eigenvalue weighted by Crippen LogP contribution is -2.32. The van der Waals surface area contributed by atoms with Gasteiger partial charge in [-0.1, -0.05) is 12.1 Å². The van der Waals surface area contributed by atoms with Crippen LogP contribution in [-0.2, 0) is 27.8 Å². The number of rotatable bonds is 7. The fourth-order valence-corrected chi connectivity index (χ4v) is 4.03. The van der Waals surface area contributed by atoms with Gasteiger partial charge >= 0.3 is 0 Å². The van der Waals surface area contributed by atoms with E-state index in [1.54, 1.807) is 19.1 Å². The Balaban J connectivity index is 2.08. The van der Waals surface area contributed by atoms with Crippen molar-refractivity contribution >= 4 is 21.5 Å². The summed E-state index contributed by atoms with van der Waals surface area (Å²) in [5, 5.41) is 35.7. The normalized spacial score (nSPS) is 15.8. The summed E-state index contributed by atoms with van der Waals surface area (Å²) in [6.07, 6.45) is 0. The Morgan fingerprint density at radius 2 is 1.76 bits per heavy atom. The maximum Gasteiger partial charge on any atom is 0.269 e. The number of nitrogens with zero attached hydrogens (tertiary/aromatic N) is 5. The molecule has 3 N–H and O–H groups in total. The molecule has 0 radical (unpaired) electrons. The van der Waals surface area contributed by atoms with E-state index >= 15 is 0 Å². The average molecular weight is 421 g/mol. The van der Waals surface area contributed by atoms with E-state index in [2.05, 4.69) is 20.2 Å². The van der Waals surface area contributed by atoms with E-state index in [0.717, 1.165) is 0 Å². The molecule has 0 saturated heterocycles. The number of aliphatic hydroxyl groups is 3. The second-order valence-electron chi connectivity index (χ2n) is 5.82. The number of benzene rings is 1. The molecule has 0 unspecified atom stereocenters. The molecule has 154 valence electrons. The van der Waals surface area contributed by atoms with Gasteiger partial charge in [-0.05, 0) is 25.1 Å². The molecule has 0 amide bonds. The zero-order valence-electron chi connectivity index (χ0n) is 15.4. The molecule has 0 fully saturated rings. The Kier molecular flexibility index (Phi) is 6.17. The van der Waals surface area contributed by atoms with Gasteiger partial charge in [0.25, 0.3) is 5.95 Å². The van der Waals surface area contributed by atoms with Crippen molar-refractivity contribution in [2.24, 2.45) is 10.2 Å². The molecule has 0 bridgehead atoms. The summed E-state index contributed by atoms with van der Waals surface area (Å²) in [6, 6.07) is 7.48. The topological polar surface area (TPSA) is 158 Å². The Hall–Kier alpha value is -2.93. The molecule has 1 aliphatic heterocycles. The summed E-state index contributed by atoms with van der Waals surface area (Å²) in [5.41, 5.74) is 0.593. The lowest BCUT2D eigenvalue weighted by molar-refractivity contribution is 0.142. The van der Waals surface area contributed by atoms with Gasteiger partial charge in [0.05, 0.1) is 35.2 Å². The second kappa shape index (κ2) is 8.61. The van der Waals surface area contributed by atoms with E-state index in [0.29, 0.717) is 6.61 Å². The molecule has 2 heterocycles. The van der Waals surface area contributed by atoms with Crippen molar-refractivity contribution in [3.8, 4) is 0 Å². The Morgan fingerprint density at radius 1 is 1.10 bits per heavy atom. The molecular weight excluding hydrogens is 402 g/mol. The maximum atomic E-state index is 12.9. The summed E-state index contributed by atoms with van der Waals surface area (Å²) >= 11 is 0. The van der Waals surface area contributed by atoms with Crippen LogP contribution in [0.4, 0.5) is 11.6 Å². The SMILES string of the molecule is CCOCN1C(O)=C(N=Nc2nc(CO)cc(CO)n2)S(=O)(=O)c2ccccc21. The number of ether oxygens (including phenoxy) is 1. The summed E-state index contributed by atoms with van der Waals surface area (Å²) in [7, 11) is -4.17. The molecule has 1 aromatic heterocycles. The number of hydrogen-bond acceptors (Lipinski definition) is 11. The van der Waals surface area contributed by atoms with Gasteiger partial charge < -0.3 is 20.1 Å². The van der Waals surface area contributed by atoms with E-state index in [1.807, 2.05) is 0 Å². The quantitative estimate of drug-likeness (QED) is 0.563. The van der Waals surface area contributed by atoms with Crippen LogP contribution < -0.4 is 4.90 Å². The summed E-state index contributed by atoms with van der Waals surface area (Å²) in [6.45, 7) is 1.15. The molecule has 1 aromatic carbocycles. The molecule has 0 saturated carbocycles. The molecule has 11 nitrogen and oxygen atoms in total. The van der Waals surface area contributed by atoms with E-state index in [4.69, 9.17) is 4.74 Å². The molecule has 0 atom stereocenters. The van der Waals surface area contributed by atoms with Crippen LogP contribution in [0.2, 0.25) is 0 Å². The number of aliphatic hydroxyl groups excluding tert-OH is 3. The third-order valence-electron chi connectivity index (χ3n) is 3.95. The first kappa shape index (κ1) is 20.8. The minimum Gasteiger partial charge on any atom is -0.492 e. The van der Waals surface area contributed by atoms with Crippen LogP contribution in [-0.4, -0.2) is 47.0 Å². The van der Waals surface area contributed by atoms with Gasteiger partial charge in [0.2, 0.25) is 20.7 Å². The number of anilines is 1. The molecule has 3 rings (SSSR count). The predicted molar refractivity (Wildman–Crippen MR) is 101 cm³/mol. The first-order valence-corrected chi connectivity index (χ1v) is 10.0. The summed E-state index contributed by atoms with van der Waals surface area (Å²) < 4.78 is 31.2. The highest BCUT2D eigenvalue weighted by Gasteiger charge is 2.37. The number of fused-ring (bicyclic) bond motifs is 1. The molecule has 0 spiro atoms. The highest BCUT2D eigenvalue weighted by molar-refractivity contribution is 7.95. The minimum atomic E-state index is -4.17. The Labute approximate surface area is 166 Å². The van der Waals surface area contributed by atoms with Gasteiger partial charge in [-0.3, -0.25) is 4.90 Å². The zero-order valence-corrected chi connectivity index (χ0v) is 16.2. The third kappa shape index (κ3) is 4.10. The fraction of sp³-hybridized carbons (Fsp3) is 0.294. The Bertz CT molecular complexity index is 1050. The minimum absolute atomic E-state index is 0.0625. The summed E-state index contributed by atoms with van der Waals surface area (Å²) in [5.74, 6) is -0.923. The highest BCUT2D eigenvalue weighted by Crippen LogP contribution is 2.38. The number of hydrogen-bond donors (Lipinski definition) is 3. The lowest BCUT2D eigenvalue weighted by Gasteiger charge is -2.29. The van der Waals surface area contributed by atoms with Crippen molar-refractivity contribution in [2.45, 2.75) is 25.0 Å². The van der Waals surface area contributed by atoms with E-state index < -0.39 is 34.0 Å². The number of azo groups is 1. The average Bonchev–Trinajstić information content (AvgIpc) is 2.73. The molecule has 12 heteroatoms. The van der Waals surface area contributed by atoms with Gasteiger partial charge in [0.15, 0.2) is 0 Å². The van der Waals surface area contributed by atoms with Crippen LogP contribution in [0.5, 0.6) is 0 Å². The lowest BCUT2D eigenvalue weighted by atomic mass is 10.3. The first-order valence-electron chi connectivity index (χ1n) is 8.55. The van der Waals surface area contributed by atoms with Crippen LogP contribution in [0.25, 0.3) is 0 Å². The van der Waals surface area contributed by atoms with Gasteiger partial charge in [-0.25, -0.2) is 18.4 Å². The van der Waals surface area contributed by atoms with E-state index in [-0.39, 0.29) is 34.6 Å². The maximum absolute atomic E-state index is 12.9. The molecule has 29 heavy (non-hydrogen) atoms. The standard InChI is InChI=1S/C17H19N5O6S/c1-2-28-10-22-13-5-3-4-6-14(13)29(26,27)15(16(22)25)20-21-17-18-11(8-23)7-12(9-24)19-17/h3-7,23-25H,2,8-10H2,1H3. The second-order valence-corrected chi connectivity index (χ2v) is 7.65. The third-order valence-corrected chi connectivity index (χ3v) is 5.64. The molecule has 1 aliphatic rings. The van der Waals surface area contributed by atoms with Crippen molar-refractivity contribution in [2.75, 3.05) is 18.2 Å². The molecular formula is C17H19N5O6S. The fourth-order valence-electron chi connectivity index (χ4n) is 2.61. The van der Waals surface area contributed by atoms with Crippen LogP contribution in [0.3, 0.4) is 0 Å². The van der Waals surface area contributed by atoms with Crippen LogP contribution >= 0.6 is 0 Å². The number of para-hydroxylation sites is 1. The van der Waals surface area contributed by atoms with Crippen molar-refractivity contribution in [3.05, 3.63) is 52.6 Å². The Morgan fingerprint density at radius 3 is 2.38 bits per heavy atom. The van der Waals surface area contributed by atoms with E-state index in [1.165, 1.54) is 23.1 Å². The van der Waals surface area contributed by atoms with Crippen molar-refractivity contribution in [1.82, 2.24) is 9.97 Å². The highest BCUT2D eigenvalue weighted by atomic mass is 32.2. The van der Waals surface area contributed by atoms with Gasteiger partial charge in [-0.15, -0.1) is 10.2 Å². The van der Waals surface area contributed by atoms with Crippen molar-refractivity contribution < 1.29 is 28.5 Å². The van der Waals surface area contributed by atoms with Crippen molar-refractivity contribution in [1.29, 1.82) is 0 Å². The zero-order chi connectivity index (χ0) is 21.0. The van der Waals surface area contributed by atoms with Crippen LogP contribution in [0.1, 0.15) is 18.3 Å². The van der Waals surface area contributed by atoms with Gasteiger partial charge in [0, 0.05) is 6.61 Å². The first-order chi connectivity index (χ1) is 13.9. The number of sulfone groups is 1. The largest absolute Gasteiger partial charge is 0.492 e.